The SMILES string of the molecule is CSCCCNc1cccc(S(N)(=O)=O)c1. The molecular weight excluding hydrogens is 244 g/mol. The van der Waals surface area contributed by atoms with Crippen LogP contribution in [0, 0.1) is 0 Å². The number of hydrogen-bond donors (Lipinski definition) is 2. The first-order chi connectivity index (χ1) is 7.54. The number of anilines is 1. The molecule has 0 aliphatic heterocycles. The molecule has 0 unspecified atom stereocenters. The van der Waals surface area contributed by atoms with E-state index in [1.165, 1.54) is 6.07 Å². The molecule has 16 heavy (non-hydrogen) atoms. The average Bonchev–Trinajstić information content (AvgIpc) is 2.24. The number of hydrogen-bond acceptors (Lipinski definition) is 4. The molecule has 0 spiro atoms. The molecule has 0 aliphatic carbocycles. The third kappa shape index (κ3) is 4.42. The van der Waals surface area contributed by atoms with Crippen LogP contribution in [-0.2, 0) is 10.0 Å². The summed E-state index contributed by atoms with van der Waals surface area (Å²) in [6, 6.07) is 6.54. The summed E-state index contributed by atoms with van der Waals surface area (Å²) in [7, 11) is -3.60. The Labute approximate surface area is 101 Å². The smallest absolute Gasteiger partial charge is 0.238 e. The van der Waals surface area contributed by atoms with E-state index in [9.17, 15) is 8.42 Å². The number of nitrogens with one attached hydrogen (secondary N) is 1. The zero-order valence-electron chi connectivity index (χ0n) is 9.14. The Balaban J connectivity index is 2.62. The maximum absolute atomic E-state index is 11.1. The monoisotopic (exact) mass is 260 g/mol. The summed E-state index contributed by atoms with van der Waals surface area (Å²) in [5.41, 5.74) is 0.785. The van der Waals surface area contributed by atoms with Gasteiger partial charge in [-0.15, -0.1) is 0 Å². The lowest BCUT2D eigenvalue weighted by Crippen LogP contribution is -2.12. The van der Waals surface area contributed by atoms with E-state index in [0.29, 0.717) is 0 Å². The van der Waals surface area contributed by atoms with Gasteiger partial charge in [0.15, 0.2) is 0 Å². The molecule has 1 rings (SSSR count). The van der Waals surface area contributed by atoms with Crippen molar-refractivity contribution in [2.75, 3.05) is 23.9 Å². The minimum absolute atomic E-state index is 0.141. The van der Waals surface area contributed by atoms with Gasteiger partial charge in [0.05, 0.1) is 4.90 Å². The topological polar surface area (TPSA) is 72.2 Å². The van der Waals surface area contributed by atoms with E-state index in [0.717, 1.165) is 24.4 Å². The number of thioether (sulfide) groups is 1. The second-order valence-electron chi connectivity index (χ2n) is 3.35. The highest BCUT2D eigenvalue weighted by atomic mass is 32.2. The molecule has 1 aromatic carbocycles. The van der Waals surface area contributed by atoms with Gasteiger partial charge in [0, 0.05) is 12.2 Å². The van der Waals surface area contributed by atoms with Gasteiger partial charge in [0.1, 0.15) is 0 Å². The predicted octanol–water partition coefficient (Wildman–Crippen LogP) is 1.50. The molecule has 90 valence electrons. The van der Waals surface area contributed by atoms with Crippen molar-refractivity contribution < 1.29 is 8.42 Å². The van der Waals surface area contributed by atoms with Crippen LogP contribution >= 0.6 is 11.8 Å². The van der Waals surface area contributed by atoms with Crippen LogP contribution in [0.15, 0.2) is 29.2 Å². The maximum atomic E-state index is 11.1. The van der Waals surface area contributed by atoms with Crippen LogP contribution < -0.4 is 10.5 Å². The molecule has 0 fully saturated rings. The first-order valence-corrected chi connectivity index (χ1v) is 7.84. The Morgan fingerprint density at radius 3 is 2.81 bits per heavy atom. The van der Waals surface area contributed by atoms with E-state index in [1.807, 2.05) is 6.07 Å². The number of primary sulfonamides is 1. The fraction of sp³-hybridized carbons (Fsp3) is 0.400. The normalized spacial score (nSPS) is 11.4. The third-order valence-electron chi connectivity index (χ3n) is 2.02. The van der Waals surface area contributed by atoms with E-state index in [1.54, 1.807) is 23.9 Å². The van der Waals surface area contributed by atoms with Crippen LogP contribution in [0.1, 0.15) is 6.42 Å². The Bertz CT molecular complexity index is 432. The van der Waals surface area contributed by atoms with E-state index in [4.69, 9.17) is 5.14 Å². The average molecular weight is 260 g/mol. The van der Waals surface area contributed by atoms with Crippen LogP contribution in [0.5, 0.6) is 0 Å². The Morgan fingerprint density at radius 1 is 1.44 bits per heavy atom. The van der Waals surface area contributed by atoms with Crippen LogP contribution in [0.4, 0.5) is 5.69 Å². The lowest BCUT2D eigenvalue weighted by molar-refractivity contribution is 0.598. The van der Waals surface area contributed by atoms with Crippen molar-refractivity contribution in [3.63, 3.8) is 0 Å². The van der Waals surface area contributed by atoms with Crippen molar-refractivity contribution in [2.45, 2.75) is 11.3 Å². The predicted molar refractivity (Wildman–Crippen MR) is 69.3 cm³/mol. The number of rotatable bonds is 6. The zero-order chi connectivity index (χ0) is 12.0. The molecule has 0 aromatic heterocycles. The molecule has 0 atom stereocenters. The first-order valence-electron chi connectivity index (χ1n) is 4.90. The van der Waals surface area contributed by atoms with Crippen molar-refractivity contribution in [3.8, 4) is 0 Å². The number of benzene rings is 1. The second kappa shape index (κ2) is 6.12. The Hall–Kier alpha value is -0.720. The standard InChI is InChI=1S/C10H16N2O2S2/c1-15-7-3-6-12-9-4-2-5-10(8-9)16(11,13)14/h2,4-5,8,12H,3,6-7H2,1H3,(H2,11,13,14). The molecule has 3 N–H and O–H groups in total. The summed E-state index contributed by atoms with van der Waals surface area (Å²) in [6.07, 6.45) is 3.10. The zero-order valence-corrected chi connectivity index (χ0v) is 10.8. The Kier molecular flexibility index (Phi) is 5.11. The summed E-state index contributed by atoms with van der Waals surface area (Å²) in [5.74, 6) is 1.09. The molecule has 4 nitrogen and oxygen atoms in total. The summed E-state index contributed by atoms with van der Waals surface area (Å²) < 4.78 is 22.2. The van der Waals surface area contributed by atoms with Gasteiger partial charge in [0.25, 0.3) is 0 Å². The molecule has 1 aromatic rings. The van der Waals surface area contributed by atoms with Gasteiger partial charge >= 0.3 is 0 Å². The number of nitrogens with two attached hydrogens (primary N) is 1. The lowest BCUT2D eigenvalue weighted by atomic mass is 10.3. The maximum Gasteiger partial charge on any atom is 0.238 e. The van der Waals surface area contributed by atoms with Crippen LogP contribution in [-0.4, -0.2) is 27.0 Å². The first kappa shape index (κ1) is 13.3. The van der Waals surface area contributed by atoms with Crippen LogP contribution in [0.3, 0.4) is 0 Å². The van der Waals surface area contributed by atoms with E-state index in [2.05, 4.69) is 11.6 Å². The molecule has 0 bridgehead atoms. The van der Waals surface area contributed by atoms with Crippen molar-refractivity contribution in [2.24, 2.45) is 5.14 Å². The minimum atomic E-state index is -3.60. The van der Waals surface area contributed by atoms with E-state index < -0.39 is 10.0 Å². The minimum Gasteiger partial charge on any atom is -0.385 e. The molecule has 0 radical (unpaired) electrons. The van der Waals surface area contributed by atoms with Gasteiger partial charge in [-0.1, -0.05) is 6.07 Å². The lowest BCUT2D eigenvalue weighted by Gasteiger charge is -2.06. The molecule has 0 amide bonds. The largest absolute Gasteiger partial charge is 0.385 e. The summed E-state index contributed by atoms with van der Waals surface area (Å²) in [4.78, 5) is 0.141. The van der Waals surface area contributed by atoms with Gasteiger partial charge in [-0.3, -0.25) is 0 Å². The molecule has 0 heterocycles. The molecule has 0 saturated carbocycles. The van der Waals surface area contributed by atoms with Crippen molar-refractivity contribution >= 4 is 27.5 Å². The molecule has 0 aliphatic rings. The van der Waals surface area contributed by atoms with Gasteiger partial charge in [-0.25, -0.2) is 13.6 Å². The second-order valence-corrected chi connectivity index (χ2v) is 5.89. The van der Waals surface area contributed by atoms with Crippen molar-refractivity contribution in [1.82, 2.24) is 0 Å². The highest BCUT2D eigenvalue weighted by Crippen LogP contribution is 2.14. The quantitative estimate of drug-likeness (QED) is 0.760. The fourth-order valence-electron chi connectivity index (χ4n) is 1.23. The summed E-state index contributed by atoms with van der Waals surface area (Å²) in [5, 5.41) is 8.20. The van der Waals surface area contributed by atoms with Gasteiger partial charge in [-0.2, -0.15) is 11.8 Å². The molecule has 0 saturated heterocycles. The molecule has 6 heteroatoms. The van der Waals surface area contributed by atoms with Crippen molar-refractivity contribution in [1.29, 1.82) is 0 Å². The van der Waals surface area contributed by atoms with Gasteiger partial charge < -0.3 is 5.32 Å². The van der Waals surface area contributed by atoms with Gasteiger partial charge in [-0.05, 0) is 36.6 Å². The summed E-state index contributed by atoms with van der Waals surface area (Å²) in [6.45, 7) is 0.828. The number of sulfonamides is 1. The van der Waals surface area contributed by atoms with E-state index >= 15 is 0 Å². The Morgan fingerprint density at radius 2 is 2.19 bits per heavy atom. The van der Waals surface area contributed by atoms with E-state index in [-0.39, 0.29) is 4.90 Å². The summed E-state index contributed by atoms with van der Waals surface area (Å²) >= 11 is 1.79. The van der Waals surface area contributed by atoms with Crippen LogP contribution in [0.25, 0.3) is 0 Å². The van der Waals surface area contributed by atoms with Crippen LogP contribution in [0.2, 0.25) is 0 Å². The third-order valence-corrected chi connectivity index (χ3v) is 3.62. The van der Waals surface area contributed by atoms with Gasteiger partial charge in [0.2, 0.25) is 10.0 Å². The molecular formula is C10H16N2O2S2. The highest BCUT2D eigenvalue weighted by molar-refractivity contribution is 7.98. The van der Waals surface area contributed by atoms with Crippen molar-refractivity contribution in [3.05, 3.63) is 24.3 Å². The highest BCUT2D eigenvalue weighted by Gasteiger charge is 2.07. The fourth-order valence-corrected chi connectivity index (χ4v) is 2.22.